The van der Waals surface area contributed by atoms with Crippen LogP contribution in [0, 0.1) is 11.8 Å². The van der Waals surface area contributed by atoms with Gasteiger partial charge in [-0.2, -0.15) is 0 Å². The van der Waals surface area contributed by atoms with E-state index in [4.69, 9.17) is 4.74 Å². The fraction of sp³-hybridized carbons (Fsp3) is 0.810. The standard InChI is InChI=1S/C21H36O4.Na.H/c1-3-5-7-9-11-13-20(22)25-18-15-14-17(12-10-8-6-4-2)19(16-18)21(23)24;;/h14-15,17-19H,3-13,16H2,1-2H3,(H,23,24);;. The van der Waals surface area contributed by atoms with Crippen LogP contribution in [0.5, 0.6) is 0 Å². The summed E-state index contributed by atoms with van der Waals surface area (Å²) in [5.41, 5.74) is 0. The van der Waals surface area contributed by atoms with E-state index in [0.29, 0.717) is 12.8 Å². The minimum absolute atomic E-state index is 0. The Morgan fingerprint density at radius 1 is 0.962 bits per heavy atom. The van der Waals surface area contributed by atoms with E-state index in [9.17, 15) is 14.7 Å². The van der Waals surface area contributed by atoms with Gasteiger partial charge in [0.15, 0.2) is 0 Å². The van der Waals surface area contributed by atoms with Gasteiger partial charge in [0.05, 0.1) is 5.92 Å². The molecule has 1 aliphatic rings. The minimum atomic E-state index is -0.773. The van der Waals surface area contributed by atoms with Crippen LogP contribution in [0.2, 0.25) is 0 Å². The molecule has 0 saturated heterocycles. The number of aliphatic carboxylic acids is 1. The van der Waals surface area contributed by atoms with E-state index in [0.717, 1.165) is 38.5 Å². The van der Waals surface area contributed by atoms with Gasteiger partial charge >= 0.3 is 41.5 Å². The molecule has 1 rings (SSSR count). The molecule has 146 valence electrons. The van der Waals surface area contributed by atoms with Crippen LogP contribution in [0.1, 0.15) is 90.9 Å². The Bertz CT molecular complexity index is 422. The number of hydrogen-bond acceptors (Lipinski definition) is 3. The summed E-state index contributed by atoms with van der Waals surface area (Å²) < 4.78 is 5.48. The predicted octanol–water partition coefficient (Wildman–Crippen LogP) is 4.86. The summed E-state index contributed by atoms with van der Waals surface area (Å²) in [7, 11) is 0. The van der Waals surface area contributed by atoms with Crippen molar-refractivity contribution < 1.29 is 19.4 Å². The molecule has 5 heteroatoms. The number of ether oxygens (including phenoxy) is 1. The average Bonchev–Trinajstić information content (AvgIpc) is 2.59. The van der Waals surface area contributed by atoms with Crippen LogP contribution in [0.3, 0.4) is 0 Å². The second-order valence-electron chi connectivity index (χ2n) is 7.27. The summed E-state index contributed by atoms with van der Waals surface area (Å²) in [5, 5.41) is 9.51. The molecule has 0 radical (unpaired) electrons. The number of carbonyl (C=O) groups is 2. The second kappa shape index (κ2) is 15.7. The van der Waals surface area contributed by atoms with Crippen molar-refractivity contribution >= 4 is 41.5 Å². The second-order valence-corrected chi connectivity index (χ2v) is 7.27. The Labute approximate surface area is 181 Å². The number of unbranched alkanes of at least 4 members (excludes halogenated alkanes) is 7. The van der Waals surface area contributed by atoms with Gasteiger partial charge in [-0.25, -0.2) is 0 Å². The summed E-state index contributed by atoms with van der Waals surface area (Å²) in [5.74, 6) is -1.34. The number of carboxylic acids is 1. The zero-order chi connectivity index (χ0) is 18.5. The predicted molar refractivity (Wildman–Crippen MR) is 108 cm³/mol. The van der Waals surface area contributed by atoms with Crippen LogP contribution >= 0.6 is 0 Å². The fourth-order valence-electron chi connectivity index (χ4n) is 3.48. The molecule has 26 heavy (non-hydrogen) atoms. The van der Waals surface area contributed by atoms with Crippen LogP contribution in [0.15, 0.2) is 12.2 Å². The number of hydrogen-bond donors (Lipinski definition) is 1. The molecule has 0 bridgehead atoms. The number of carbonyl (C=O) groups excluding carboxylic acids is 1. The molecule has 0 aromatic carbocycles. The van der Waals surface area contributed by atoms with Crippen molar-refractivity contribution in [1.29, 1.82) is 0 Å². The van der Waals surface area contributed by atoms with Crippen LogP contribution < -0.4 is 0 Å². The van der Waals surface area contributed by atoms with Crippen molar-refractivity contribution in [2.75, 3.05) is 0 Å². The van der Waals surface area contributed by atoms with Crippen LogP contribution in [-0.2, 0) is 14.3 Å². The van der Waals surface area contributed by atoms with Crippen LogP contribution in [-0.4, -0.2) is 52.7 Å². The first-order valence-electron chi connectivity index (χ1n) is 10.2. The maximum atomic E-state index is 11.9. The molecule has 0 aromatic heterocycles. The van der Waals surface area contributed by atoms with Crippen molar-refractivity contribution in [3.8, 4) is 0 Å². The maximum absolute atomic E-state index is 11.9. The number of rotatable bonds is 13. The van der Waals surface area contributed by atoms with Gasteiger partial charge < -0.3 is 9.84 Å². The Morgan fingerprint density at radius 2 is 1.58 bits per heavy atom. The summed E-state index contributed by atoms with van der Waals surface area (Å²) in [6, 6.07) is 0. The van der Waals surface area contributed by atoms with E-state index in [1.165, 1.54) is 25.7 Å². The number of allylic oxidation sites excluding steroid dienone is 1. The van der Waals surface area contributed by atoms with Gasteiger partial charge in [0.25, 0.3) is 0 Å². The van der Waals surface area contributed by atoms with Crippen LogP contribution in [0.4, 0.5) is 0 Å². The van der Waals surface area contributed by atoms with Gasteiger partial charge in [0, 0.05) is 12.8 Å². The Balaban J connectivity index is 0.00000625. The first-order chi connectivity index (χ1) is 12.1. The van der Waals surface area contributed by atoms with Gasteiger partial charge in [-0.1, -0.05) is 71.3 Å². The first-order valence-corrected chi connectivity index (χ1v) is 10.2. The molecule has 3 atom stereocenters. The monoisotopic (exact) mass is 376 g/mol. The van der Waals surface area contributed by atoms with Crippen LogP contribution in [0.25, 0.3) is 0 Å². The molecule has 4 nitrogen and oxygen atoms in total. The van der Waals surface area contributed by atoms with Crippen molar-refractivity contribution in [1.82, 2.24) is 0 Å². The third-order valence-electron chi connectivity index (χ3n) is 5.05. The molecule has 0 saturated carbocycles. The quantitative estimate of drug-likeness (QED) is 0.216. The van der Waals surface area contributed by atoms with Crippen molar-refractivity contribution in [2.24, 2.45) is 11.8 Å². The SMILES string of the molecule is CCCCCCCC(=O)OC1C=CC(CCCCCC)C(C(=O)O)C1.[NaH]. The summed E-state index contributed by atoms with van der Waals surface area (Å²) in [6.45, 7) is 4.34. The zero-order valence-corrected chi connectivity index (χ0v) is 16.0. The summed E-state index contributed by atoms with van der Waals surface area (Å²) >= 11 is 0. The van der Waals surface area contributed by atoms with Crippen molar-refractivity contribution in [2.45, 2.75) is 97.0 Å². The van der Waals surface area contributed by atoms with E-state index in [1.54, 1.807) is 0 Å². The molecular weight excluding hydrogens is 339 g/mol. The summed E-state index contributed by atoms with van der Waals surface area (Å²) in [6.07, 6.45) is 15.3. The molecule has 0 aromatic rings. The van der Waals surface area contributed by atoms with Gasteiger partial charge in [-0.15, -0.1) is 0 Å². The van der Waals surface area contributed by atoms with E-state index in [2.05, 4.69) is 13.8 Å². The van der Waals surface area contributed by atoms with Crippen molar-refractivity contribution in [3.63, 3.8) is 0 Å². The Morgan fingerprint density at radius 3 is 2.19 bits per heavy atom. The molecule has 0 spiro atoms. The Hall–Kier alpha value is -0.320. The van der Waals surface area contributed by atoms with E-state index < -0.39 is 11.9 Å². The van der Waals surface area contributed by atoms with E-state index in [1.807, 2.05) is 12.2 Å². The van der Waals surface area contributed by atoms with Gasteiger partial charge in [0.1, 0.15) is 6.10 Å². The van der Waals surface area contributed by atoms with Gasteiger partial charge in [-0.05, 0) is 24.8 Å². The van der Waals surface area contributed by atoms with Crippen molar-refractivity contribution in [3.05, 3.63) is 12.2 Å². The first kappa shape index (κ1) is 25.7. The average molecular weight is 377 g/mol. The molecule has 0 amide bonds. The topological polar surface area (TPSA) is 63.6 Å². The molecule has 0 fully saturated rings. The third-order valence-corrected chi connectivity index (χ3v) is 5.05. The number of esters is 1. The van der Waals surface area contributed by atoms with E-state index >= 15 is 0 Å². The molecule has 0 heterocycles. The zero-order valence-electron chi connectivity index (χ0n) is 16.0. The molecular formula is C21H37NaO4. The normalized spacial score (nSPS) is 21.8. The van der Waals surface area contributed by atoms with Gasteiger partial charge in [-0.3, -0.25) is 9.59 Å². The summed E-state index contributed by atoms with van der Waals surface area (Å²) in [4.78, 5) is 23.5. The van der Waals surface area contributed by atoms with E-state index in [-0.39, 0.29) is 47.5 Å². The molecule has 1 N–H and O–H groups in total. The fourth-order valence-corrected chi connectivity index (χ4v) is 3.48. The number of carboxylic acid groups (broad SMARTS) is 1. The van der Waals surface area contributed by atoms with Gasteiger partial charge in [0.2, 0.25) is 0 Å². The molecule has 1 aliphatic carbocycles. The molecule has 3 unspecified atom stereocenters. The molecule has 0 aliphatic heterocycles. The Kier molecular flexibility index (Phi) is 15.5. The third kappa shape index (κ3) is 10.7.